The van der Waals surface area contributed by atoms with Crippen molar-refractivity contribution in [3.63, 3.8) is 0 Å². The number of quaternary nitrogens is 1. The van der Waals surface area contributed by atoms with Gasteiger partial charge in [0.25, 0.3) is 0 Å². The van der Waals surface area contributed by atoms with Crippen molar-refractivity contribution in [3.8, 4) is 0 Å². The highest BCUT2D eigenvalue weighted by Gasteiger charge is 2.15. The van der Waals surface area contributed by atoms with Crippen LogP contribution in [0.1, 0.15) is 13.3 Å². The van der Waals surface area contributed by atoms with E-state index in [2.05, 4.69) is 6.58 Å². The van der Waals surface area contributed by atoms with Gasteiger partial charge in [-0.05, 0) is 6.92 Å². The molecule has 0 amide bonds. The first-order valence-electron chi connectivity index (χ1n) is 5.09. The number of ether oxygens (including phenoxy) is 1. The molecule has 0 aromatic heterocycles. The van der Waals surface area contributed by atoms with Gasteiger partial charge in [-0.25, -0.2) is 4.79 Å². The highest BCUT2D eigenvalue weighted by atomic mass is 16.5. The molecule has 0 unspecified atom stereocenters. The Bertz CT molecular complexity index is 284. The first kappa shape index (κ1) is 14.6. The highest BCUT2D eigenvalue weighted by molar-refractivity contribution is 5.86. The molecule has 0 aliphatic carbocycles. The highest BCUT2D eigenvalue weighted by Crippen LogP contribution is 2.00. The second-order valence-electron chi connectivity index (χ2n) is 4.42. The molecule has 0 fully saturated rings. The molecule has 5 heteroatoms. The maximum atomic E-state index is 11.1. The zero-order valence-electron chi connectivity index (χ0n) is 10.1. The lowest BCUT2D eigenvalue weighted by atomic mass is 10.3. The van der Waals surface area contributed by atoms with Crippen LogP contribution in [-0.4, -0.2) is 50.2 Å². The summed E-state index contributed by atoms with van der Waals surface area (Å²) < 4.78 is 5.40. The van der Waals surface area contributed by atoms with Crippen LogP contribution in [0.2, 0.25) is 0 Å². The Balaban J connectivity index is 3.86. The number of hydrogen-bond acceptors (Lipinski definition) is 4. The summed E-state index contributed by atoms with van der Waals surface area (Å²) in [7, 11) is 3.75. The Morgan fingerprint density at radius 2 is 1.88 bits per heavy atom. The Labute approximate surface area is 95.9 Å². The molecule has 92 valence electrons. The van der Waals surface area contributed by atoms with E-state index in [0.29, 0.717) is 23.1 Å². The smallest absolute Gasteiger partial charge is 0.333 e. The number of carbonyl (C=O) groups excluding carboxylic acids is 2. The van der Waals surface area contributed by atoms with Crippen LogP contribution in [0.5, 0.6) is 0 Å². The minimum atomic E-state index is -1.06. The number of carboxylic acids is 1. The quantitative estimate of drug-likeness (QED) is 0.330. The summed E-state index contributed by atoms with van der Waals surface area (Å²) in [6.07, 6.45) is 0.00142. The van der Waals surface area contributed by atoms with Crippen LogP contribution in [0.3, 0.4) is 0 Å². The average Bonchev–Trinajstić information content (AvgIpc) is 2.14. The fourth-order valence-electron chi connectivity index (χ4n) is 1.01. The Morgan fingerprint density at radius 1 is 1.31 bits per heavy atom. The van der Waals surface area contributed by atoms with Crippen LogP contribution in [0.4, 0.5) is 0 Å². The number of aliphatic carboxylic acids is 1. The number of carbonyl (C=O) groups is 2. The third-order valence-corrected chi connectivity index (χ3v) is 2.20. The second kappa shape index (κ2) is 6.27. The van der Waals surface area contributed by atoms with Crippen molar-refractivity contribution in [2.75, 3.05) is 33.8 Å². The van der Waals surface area contributed by atoms with Gasteiger partial charge in [0, 0.05) is 18.0 Å². The minimum Gasteiger partial charge on any atom is -0.550 e. The lowest BCUT2D eigenvalue weighted by Gasteiger charge is -2.29. The molecule has 0 saturated carbocycles. The topological polar surface area (TPSA) is 66.4 Å². The summed E-state index contributed by atoms with van der Waals surface area (Å²) >= 11 is 0. The molecule has 0 aromatic rings. The molecule has 16 heavy (non-hydrogen) atoms. The fourth-order valence-corrected chi connectivity index (χ4v) is 1.01. The predicted octanol–water partition coefficient (Wildman–Crippen LogP) is -0.678. The van der Waals surface area contributed by atoms with Gasteiger partial charge in [-0.1, -0.05) is 6.58 Å². The number of esters is 1. The van der Waals surface area contributed by atoms with Gasteiger partial charge in [0.1, 0.15) is 13.2 Å². The summed E-state index contributed by atoms with van der Waals surface area (Å²) in [5.74, 6) is -1.48. The third kappa shape index (κ3) is 7.00. The van der Waals surface area contributed by atoms with E-state index in [9.17, 15) is 14.7 Å². The maximum absolute atomic E-state index is 11.1. The number of hydrogen-bond donors (Lipinski definition) is 0. The summed E-state index contributed by atoms with van der Waals surface area (Å²) in [4.78, 5) is 21.4. The zero-order chi connectivity index (χ0) is 12.8. The number of likely N-dealkylation sites (N-methyl/N-ethyl adjacent to an activating group) is 1. The van der Waals surface area contributed by atoms with E-state index in [1.165, 1.54) is 0 Å². The van der Waals surface area contributed by atoms with Crippen LogP contribution in [0, 0.1) is 0 Å². The average molecular weight is 229 g/mol. The van der Waals surface area contributed by atoms with E-state index in [4.69, 9.17) is 4.74 Å². The van der Waals surface area contributed by atoms with Crippen LogP contribution < -0.4 is 5.11 Å². The molecule has 5 nitrogen and oxygen atoms in total. The molecular weight excluding hydrogens is 210 g/mol. The molecule has 0 atom stereocenters. The molecule has 0 spiro atoms. The number of rotatable bonds is 7. The summed E-state index contributed by atoms with van der Waals surface area (Å²) in [6, 6.07) is 0. The second-order valence-corrected chi connectivity index (χ2v) is 4.42. The molecule has 0 N–H and O–H groups in total. The van der Waals surface area contributed by atoms with Crippen molar-refractivity contribution in [1.82, 2.24) is 0 Å². The predicted molar refractivity (Wildman–Crippen MR) is 57.2 cm³/mol. The van der Waals surface area contributed by atoms with Crippen LogP contribution in [0.15, 0.2) is 12.2 Å². The van der Waals surface area contributed by atoms with Gasteiger partial charge in [-0.15, -0.1) is 0 Å². The molecular formula is C11H19NO4. The van der Waals surface area contributed by atoms with E-state index in [-0.39, 0.29) is 13.0 Å². The minimum absolute atomic E-state index is 0.00142. The van der Waals surface area contributed by atoms with Crippen molar-refractivity contribution < 1.29 is 23.9 Å². The van der Waals surface area contributed by atoms with Crippen LogP contribution in [0.25, 0.3) is 0 Å². The summed E-state index contributed by atoms with van der Waals surface area (Å²) in [5.41, 5.74) is 0.361. The van der Waals surface area contributed by atoms with Gasteiger partial charge in [-0.2, -0.15) is 0 Å². The van der Waals surface area contributed by atoms with Gasteiger partial charge in [0.15, 0.2) is 0 Å². The van der Waals surface area contributed by atoms with E-state index >= 15 is 0 Å². The first-order valence-corrected chi connectivity index (χ1v) is 5.09. The molecule has 0 heterocycles. The zero-order valence-corrected chi connectivity index (χ0v) is 10.1. The van der Waals surface area contributed by atoms with Gasteiger partial charge in [0.2, 0.25) is 0 Å². The van der Waals surface area contributed by atoms with Crippen molar-refractivity contribution >= 4 is 11.9 Å². The molecule has 0 aliphatic heterocycles. The fraction of sp³-hybridized carbons (Fsp3) is 0.636. The lowest BCUT2D eigenvalue weighted by Crippen LogP contribution is -2.45. The van der Waals surface area contributed by atoms with Crippen LogP contribution >= 0.6 is 0 Å². The third-order valence-electron chi connectivity index (χ3n) is 2.20. The molecule has 0 aromatic carbocycles. The van der Waals surface area contributed by atoms with Gasteiger partial charge >= 0.3 is 5.97 Å². The Morgan fingerprint density at radius 3 is 2.31 bits per heavy atom. The normalized spacial score (nSPS) is 10.9. The summed E-state index contributed by atoms with van der Waals surface area (Å²) in [5, 5.41) is 10.3. The standard InChI is InChI=1S/C11H19NO4/c1-9(2)11(15)16-8-7-12(3,4)6-5-10(13)14/h1,5-8H2,2-4H3. The molecule has 0 radical (unpaired) electrons. The lowest BCUT2D eigenvalue weighted by molar-refractivity contribution is -0.890. The van der Waals surface area contributed by atoms with Crippen molar-refractivity contribution in [3.05, 3.63) is 12.2 Å². The van der Waals surface area contributed by atoms with E-state index in [0.717, 1.165) is 0 Å². The van der Waals surface area contributed by atoms with E-state index in [1.54, 1.807) is 6.92 Å². The Hall–Kier alpha value is -1.36. The van der Waals surface area contributed by atoms with E-state index in [1.807, 2.05) is 14.1 Å². The SMILES string of the molecule is C=C(C)C(=O)OCC[N+](C)(C)CCC(=O)[O-]. The van der Waals surface area contributed by atoms with Gasteiger partial charge in [-0.3, -0.25) is 0 Å². The van der Waals surface area contributed by atoms with Gasteiger partial charge in [0.05, 0.1) is 20.6 Å². The van der Waals surface area contributed by atoms with Crippen molar-refractivity contribution in [2.45, 2.75) is 13.3 Å². The van der Waals surface area contributed by atoms with Crippen LogP contribution in [-0.2, 0) is 14.3 Å². The Kier molecular flexibility index (Phi) is 5.74. The monoisotopic (exact) mass is 229 g/mol. The molecule has 0 saturated heterocycles. The van der Waals surface area contributed by atoms with E-state index < -0.39 is 11.9 Å². The first-order chi connectivity index (χ1) is 7.24. The number of carboxylic acid groups (broad SMARTS) is 1. The van der Waals surface area contributed by atoms with Gasteiger partial charge < -0.3 is 19.1 Å². The summed E-state index contributed by atoms with van der Waals surface area (Å²) in [6.45, 7) is 6.31. The largest absolute Gasteiger partial charge is 0.550 e. The number of nitrogens with zero attached hydrogens (tertiary/aromatic N) is 1. The van der Waals surface area contributed by atoms with Crippen molar-refractivity contribution in [1.29, 1.82) is 0 Å². The van der Waals surface area contributed by atoms with Crippen molar-refractivity contribution in [2.24, 2.45) is 0 Å². The molecule has 0 aliphatic rings. The molecule has 0 rings (SSSR count). The molecule has 0 bridgehead atoms. The maximum Gasteiger partial charge on any atom is 0.333 e.